The van der Waals surface area contributed by atoms with Crippen molar-refractivity contribution in [3.63, 3.8) is 0 Å². The van der Waals surface area contributed by atoms with Crippen LogP contribution in [0.2, 0.25) is 0 Å². The number of piperazine rings is 1. The van der Waals surface area contributed by atoms with E-state index in [1.54, 1.807) is 13.1 Å². The number of benzene rings is 2. The van der Waals surface area contributed by atoms with Crippen LogP contribution in [-0.4, -0.2) is 46.7 Å². The lowest BCUT2D eigenvalue weighted by molar-refractivity contribution is 0.250. The number of nitrogens with zero attached hydrogens (tertiary/aromatic N) is 5. The van der Waals surface area contributed by atoms with Gasteiger partial charge in [-0.1, -0.05) is 36.4 Å². The molecule has 1 aliphatic heterocycles. The van der Waals surface area contributed by atoms with E-state index < -0.39 is 0 Å². The maximum Gasteiger partial charge on any atom is 0.323 e. The number of aromatic nitrogens is 2. The summed E-state index contributed by atoms with van der Waals surface area (Å²) in [5.74, 6) is 0. The second kappa shape index (κ2) is 11.0. The molecule has 9 nitrogen and oxygen atoms in total. The largest absolute Gasteiger partial charge is 0.366 e. The predicted molar refractivity (Wildman–Crippen MR) is 152 cm³/mol. The molecular weight excluding hydrogens is 546 g/mol. The van der Waals surface area contributed by atoms with E-state index >= 15 is 0 Å². The molecule has 0 bridgehead atoms. The van der Waals surface area contributed by atoms with Crippen LogP contribution >= 0.6 is 15.9 Å². The topological polar surface area (TPSA) is 106 Å². The monoisotopic (exact) mass is 571 g/mol. The molecule has 1 aliphatic rings. The molecule has 1 fully saturated rings. The van der Waals surface area contributed by atoms with Gasteiger partial charge in [0.25, 0.3) is 5.56 Å². The average Bonchev–Trinajstić information content (AvgIpc) is 2.92. The van der Waals surface area contributed by atoms with E-state index in [2.05, 4.69) is 47.4 Å². The third-order valence-electron chi connectivity index (χ3n) is 6.67. The van der Waals surface area contributed by atoms with Gasteiger partial charge in [-0.15, -0.1) is 0 Å². The van der Waals surface area contributed by atoms with Crippen molar-refractivity contribution in [1.82, 2.24) is 14.5 Å². The Morgan fingerprint density at radius 3 is 2.45 bits per heavy atom. The van der Waals surface area contributed by atoms with E-state index in [0.717, 1.165) is 30.0 Å². The second-order valence-electron chi connectivity index (χ2n) is 9.07. The zero-order valence-corrected chi connectivity index (χ0v) is 22.4. The maximum absolute atomic E-state index is 12.9. The number of nitrogens with one attached hydrogen (secondary N) is 2. The number of nitriles is 1. The normalized spacial score (nSPS) is 13.8. The minimum absolute atomic E-state index is 0.109. The zero-order valence-electron chi connectivity index (χ0n) is 20.8. The van der Waals surface area contributed by atoms with E-state index in [1.807, 2.05) is 60.7 Å². The molecule has 10 heteroatoms. The third-order valence-corrected chi connectivity index (χ3v) is 7.11. The first-order valence-corrected chi connectivity index (χ1v) is 13.0. The third kappa shape index (κ3) is 5.25. The summed E-state index contributed by atoms with van der Waals surface area (Å²) in [6, 6.07) is 22.5. The van der Waals surface area contributed by atoms with Crippen molar-refractivity contribution in [2.45, 2.75) is 6.54 Å². The Labute approximate surface area is 228 Å². The maximum atomic E-state index is 12.9. The number of aryl methyl sites for hydroxylation is 1. The first-order chi connectivity index (χ1) is 18.4. The SMILES string of the molecule is Cn1c(=O)c(C#N)c(N2CCN(Cc3ccccc3NC(=O)Nc3ccccc3)CC2)c2nc(Br)ccc21. The highest BCUT2D eigenvalue weighted by Crippen LogP contribution is 2.29. The smallest absolute Gasteiger partial charge is 0.323 e. The number of urea groups is 1. The Balaban J connectivity index is 1.31. The molecule has 0 aliphatic carbocycles. The Morgan fingerprint density at radius 2 is 1.71 bits per heavy atom. The molecular formula is C28H26BrN7O2. The van der Waals surface area contributed by atoms with E-state index in [4.69, 9.17) is 0 Å². The van der Waals surface area contributed by atoms with Gasteiger partial charge in [0.05, 0.1) is 11.2 Å². The van der Waals surface area contributed by atoms with Crippen LogP contribution in [0.25, 0.3) is 11.0 Å². The van der Waals surface area contributed by atoms with Crippen LogP contribution in [0.3, 0.4) is 0 Å². The standard InChI is InChI=1S/C28H26BrN7O2/c1-34-23-11-12-24(29)33-25(23)26(21(17-30)27(34)37)36-15-13-35(14-16-36)18-19-7-5-6-10-22(19)32-28(38)31-20-8-3-2-4-9-20/h2-12H,13-16,18H2,1H3,(H2,31,32,38). The van der Waals surface area contributed by atoms with E-state index in [0.29, 0.717) is 41.0 Å². The summed E-state index contributed by atoms with van der Waals surface area (Å²) in [4.78, 5) is 34.5. The molecule has 2 N–H and O–H groups in total. The van der Waals surface area contributed by atoms with Gasteiger partial charge < -0.3 is 20.1 Å². The Morgan fingerprint density at radius 1 is 1.00 bits per heavy atom. The van der Waals surface area contributed by atoms with Crippen LogP contribution in [0.5, 0.6) is 0 Å². The van der Waals surface area contributed by atoms with Gasteiger partial charge in [0.2, 0.25) is 0 Å². The van der Waals surface area contributed by atoms with Crippen LogP contribution in [-0.2, 0) is 13.6 Å². The van der Waals surface area contributed by atoms with Crippen molar-refractivity contribution in [1.29, 1.82) is 5.26 Å². The summed E-state index contributed by atoms with van der Waals surface area (Å²) in [6.45, 7) is 3.37. The van der Waals surface area contributed by atoms with Gasteiger partial charge in [-0.2, -0.15) is 5.26 Å². The van der Waals surface area contributed by atoms with Crippen LogP contribution in [0.1, 0.15) is 11.1 Å². The van der Waals surface area contributed by atoms with E-state index in [-0.39, 0.29) is 17.2 Å². The Bertz CT molecular complexity index is 1590. The zero-order chi connectivity index (χ0) is 26.6. The number of pyridine rings is 2. The lowest BCUT2D eigenvalue weighted by Gasteiger charge is -2.37. The molecule has 0 saturated carbocycles. The number of hydrogen-bond acceptors (Lipinski definition) is 6. The van der Waals surface area contributed by atoms with Gasteiger partial charge in [-0.25, -0.2) is 9.78 Å². The summed E-state index contributed by atoms with van der Waals surface area (Å²) in [7, 11) is 1.66. The summed E-state index contributed by atoms with van der Waals surface area (Å²) in [6.07, 6.45) is 0. The number of carbonyl (C=O) groups is 1. The molecule has 5 rings (SSSR count). The summed E-state index contributed by atoms with van der Waals surface area (Å²) < 4.78 is 2.12. The first-order valence-electron chi connectivity index (χ1n) is 12.2. The fourth-order valence-corrected chi connectivity index (χ4v) is 5.04. The molecule has 4 aromatic rings. The molecule has 2 amide bonds. The van der Waals surface area contributed by atoms with Gasteiger partial charge in [-0.05, 0) is 51.8 Å². The summed E-state index contributed by atoms with van der Waals surface area (Å²) in [5.41, 5.74) is 4.17. The highest BCUT2D eigenvalue weighted by Gasteiger charge is 2.25. The van der Waals surface area contributed by atoms with Gasteiger partial charge >= 0.3 is 6.03 Å². The number of rotatable bonds is 5. The molecule has 0 atom stereocenters. The van der Waals surface area contributed by atoms with Crippen LogP contribution < -0.4 is 21.1 Å². The van der Waals surface area contributed by atoms with Crippen molar-refractivity contribution in [3.8, 4) is 6.07 Å². The molecule has 3 heterocycles. The number of halogens is 1. The quantitative estimate of drug-likeness (QED) is 0.341. The summed E-state index contributed by atoms with van der Waals surface area (Å²) in [5, 5.41) is 15.7. The van der Waals surface area contributed by atoms with E-state index in [1.165, 1.54) is 4.57 Å². The lowest BCUT2D eigenvalue weighted by Crippen LogP contribution is -2.47. The number of hydrogen-bond donors (Lipinski definition) is 2. The fraction of sp³-hybridized carbons (Fsp3) is 0.214. The molecule has 0 unspecified atom stereocenters. The lowest BCUT2D eigenvalue weighted by atomic mass is 10.1. The number of anilines is 3. The second-order valence-corrected chi connectivity index (χ2v) is 9.88. The number of fused-ring (bicyclic) bond motifs is 1. The number of para-hydroxylation sites is 2. The molecule has 1 saturated heterocycles. The molecule has 0 spiro atoms. The first kappa shape index (κ1) is 25.4. The number of carbonyl (C=O) groups excluding carboxylic acids is 1. The van der Waals surface area contributed by atoms with Crippen molar-refractivity contribution in [3.05, 3.63) is 92.8 Å². The van der Waals surface area contributed by atoms with Gasteiger partial charge in [0.1, 0.15) is 21.8 Å². The van der Waals surface area contributed by atoms with Crippen LogP contribution in [0.15, 0.2) is 76.1 Å². The molecule has 0 radical (unpaired) electrons. The Hall–Kier alpha value is -4.20. The van der Waals surface area contributed by atoms with Crippen LogP contribution in [0.4, 0.5) is 21.9 Å². The van der Waals surface area contributed by atoms with E-state index in [9.17, 15) is 14.9 Å². The number of amides is 2. The summed E-state index contributed by atoms with van der Waals surface area (Å²) >= 11 is 3.43. The van der Waals surface area contributed by atoms with Crippen molar-refractivity contribution in [2.75, 3.05) is 41.7 Å². The van der Waals surface area contributed by atoms with Gasteiger partial charge in [-0.3, -0.25) is 9.69 Å². The highest BCUT2D eigenvalue weighted by molar-refractivity contribution is 9.10. The molecule has 38 heavy (non-hydrogen) atoms. The van der Waals surface area contributed by atoms with Crippen molar-refractivity contribution >= 4 is 50.1 Å². The Kier molecular flexibility index (Phi) is 7.40. The molecule has 192 valence electrons. The van der Waals surface area contributed by atoms with Crippen molar-refractivity contribution in [2.24, 2.45) is 7.05 Å². The van der Waals surface area contributed by atoms with Crippen LogP contribution in [0, 0.1) is 11.3 Å². The van der Waals surface area contributed by atoms with Gasteiger partial charge in [0.15, 0.2) is 0 Å². The molecule has 2 aromatic heterocycles. The molecule has 2 aromatic carbocycles. The predicted octanol–water partition coefficient (Wildman–Crippen LogP) is 4.53. The highest BCUT2D eigenvalue weighted by atomic mass is 79.9. The fourth-order valence-electron chi connectivity index (χ4n) is 4.74. The minimum atomic E-state index is -0.324. The average molecular weight is 572 g/mol. The van der Waals surface area contributed by atoms with Crippen molar-refractivity contribution < 1.29 is 4.79 Å². The minimum Gasteiger partial charge on any atom is -0.366 e. The van der Waals surface area contributed by atoms with Gasteiger partial charge in [0, 0.05) is 51.1 Å².